The van der Waals surface area contributed by atoms with Gasteiger partial charge in [-0.05, 0) is 49.6 Å². The molecule has 162 valence electrons. The highest BCUT2D eigenvalue weighted by Crippen LogP contribution is 2.20. The lowest BCUT2D eigenvalue weighted by Gasteiger charge is -2.35. The monoisotopic (exact) mass is 413 g/mol. The van der Waals surface area contributed by atoms with Crippen LogP contribution in [0.5, 0.6) is 0 Å². The third-order valence-corrected chi connectivity index (χ3v) is 5.43. The number of piperazine rings is 1. The van der Waals surface area contributed by atoms with Crippen molar-refractivity contribution in [2.45, 2.75) is 19.3 Å². The van der Waals surface area contributed by atoms with Gasteiger partial charge in [0.15, 0.2) is 0 Å². The number of benzene rings is 1. The molecule has 0 bridgehead atoms. The van der Waals surface area contributed by atoms with E-state index < -0.39 is 0 Å². The molecule has 2 aliphatic rings. The molecular weight excluding hydrogens is 381 g/mol. The number of hydrogen-bond acceptors (Lipinski definition) is 5. The van der Waals surface area contributed by atoms with E-state index >= 15 is 0 Å². The van der Waals surface area contributed by atoms with Crippen LogP contribution < -0.4 is 15.5 Å². The van der Waals surface area contributed by atoms with Gasteiger partial charge in [0.05, 0.1) is 0 Å². The molecular formula is C23H32FN5O. The summed E-state index contributed by atoms with van der Waals surface area (Å²) in [5.74, 6) is 0.383. The van der Waals surface area contributed by atoms with Crippen LogP contribution >= 0.6 is 0 Å². The largest absolute Gasteiger partial charge is 0.384 e. The molecule has 0 aliphatic carbocycles. The van der Waals surface area contributed by atoms with Crippen LogP contribution in [0.15, 0.2) is 55.3 Å². The maximum absolute atomic E-state index is 12.9. The van der Waals surface area contributed by atoms with Gasteiger partial charge in [0.25, 0.3) is 0 Å². The van der Waals surface area contributed by atoms with Crippen molar-refractivity contribution in [1.82, 2.24) is 9.88 Å². The molecule has 1 aromatic heterocycles. The standard InChI is InChI=1S/C12H16N4O.C11H14FN.H2/c1-2-12(17)16-7-5-15(6-8-16)10-3-4-14-11(13)9-10;12-10-5-4-6-11(9-10)13-7-2-1-3-8-13;/h2-4,9H,1,5-8H2,(H2,13,14);4-6,9H,1-3,7-8H2;1H. The Balaban J connectivity index is 0.000000220. The molecule has 30 heavy (non-hydrogen) atoms. The van der Waals surface area contributed by atoms with E-state index in [2.05, 4.69) is 21.4 Å². The minimum Gasteiger partial charge on any atom is -0.384 e. The van der Waals surface area contributed by atoms with E-state index in [9.17, 15) is 9.18 Å². The number of aromatic nitrogens is 1. The van der Waals surface area contributed by atoms with Crippen molar-refractivity contribution in [2.75, 3.05) is 54.8 Å². The van der Waals surface area contributed by atoms with E-state index in [1.807, 2.05) is 18.2 Å². The van der Waals surface area contributed by atoms with Crippen molar-refractivity contribution in [1.29, 1.82) is 0 Å². The third-order valence-electron chi connectivity index (χ3n) is 5.43. The lowest BCUT2D eigenvalue weighted by atomic mass is 10.1. The Kier molecular flexibility index (Phi) is 7.65. The van der Waals surface area contributed by atoms with E-state index in [1.54, 1.807) is 23.2 Å². The van der Waals surface area contributed by atoms with Crippen LogP contribution in [0.25, 0.3) is 0 Å². The van der Waals surface area contributed by atoms with Crippen LogP contribution in [-0.2, 0) is 4.79 Å². The number of nitrogens with zero attached hydrogens (tertiary/aromatic N) is 4. The molecule has 3 heterocycles. The summed E-state index contributed by atoms with van der Waals surface area (Å²) in [6.07, 6.45) is 6.84. The van der Waals surface area contributed by atoms with Gasteiger partial charge in [-0.15, -0.1) is 0 Å². The first kappa shape index (κ1) is 21.6. The summed E-state index contributed by atoms with van der Waals surface area (Å²) in [7, 11) is 0. The van der Waals surface area contributed by atoms with Crippen molar-refractivity contribution < 1.29 is 10.6 Å². The Hall–Kier alpha value is -3.09. The smallest absolute Gasteiger partial charge is 0.246 e. The highest BCUT2D eigenvalue weighted by Gasteiger charge is 2.19. The van der Waals surface area contributed by atoms with Crippen LogP contribution in [0, 0.1) is 5.82 Å². The molecule has 2 aromatic rings. The van der Waals surface area contributed by atoms with E-state index in [1.165, 1.54) is 31.4 Å². The SMILES string of the molecule is C=CC(=O)N1CCN(c2ccnc(N)c2)CC1.Fc1cccc(N2CCCCC2)c1.[HH]. The molecule has 0 unspecified atom stereocenters. The molecule has 2 saturated heterocycles. The van der Waals surface area contributed by atoms with Crippen LogP contribution in [0.1, 0.15) is 20.7 Å². The highest BCUT2D eigenvalue weighted by molar-refractivity contribution is 5.87. The maximum atomic E-state index is 12.9. The molecule has 7 heteroatoms. The van der Waals surface area contributed by atoms with Gasteiger partial charge in [-0.2, -0.15) is 0 Å². The Bertz CT molecular complexity index is 851. The first-order chi connectivity index (χ1) is 14.6. The van der Waals surface area contributed by atoms with Gasteiger partial charge in [0, 0.05) is 64.3 Å². The number of halogens is 1. The molecule has 0 saturated carbocycles. The van der Waals surface area contributed by atoms with Gasteiger partial charge in [0.2, 0.25) is 5.91 Å². The van der Waals surface area contributed by atoms with Crippen LogP contribution in [0.3, 0.4) is 0 Å². The van der Waals surface area contributed by atoms with E-state index in [-0.39, 0.29) is 13.2 Å². The van der Waals surface area contributed by atoms with Crippen LogP contribution in [0.4, 0.5) is 21.6 Å². The van der Waals surface area contributed by atoms with Gasteiger partial charge in [-0.25, -0.2) is 9.37 Å². The van der Waals surface area contributed by atoms with E-state index in [4.69, 9.17) is 5.73 Å². The minimum atomic E-state index is -0.136. The van der Waals surface area contributed by atoms with Gasteiger partial charge >= 0.3 is 0 Å². The Morgan fingerprint density at radius 2 is 1.67 bits per heavy atom. The minimum absolute atomic E-state index is 0. The number of nitrogens with two attached hydrogens (primary N) is 1. The number of carbonyl (C=O) groups excluding carboxylic acids is 1. The number of carbonyl (C=O) groups is 1. The number of rotatable bonds is 3. The predicted octanol–water partition coefficient (Wildman–Crippen LogP) is 3.56. The van der Waals surface area contributed by atoms with E-state index in [0.717, 1.165) is 37.6 Å². The Labute approximate surface area is 179 Å². The Morgan fingerprint density at radius 3 is 2.30 bits per heavy atom. The van der Waals surface area contributed by atoms with Crippen molar-refractivity contribution >= 4 is 23.1 Å². The number of piperidine rings is 1. The molecule has 1 aromatic carbocycles. The second-order valence-electron chi connectivity index (χ2n) is 7.48. The zero-order valence-electron chi connectivity index (χ0n) is 17.3. The number of nitrogen functional groups attached to an aromatic ring is 1. The zero-order valence-corrected chi connectivity index (χ0v) is 17.3. The summed E-state index contributed by atoms with van der Waals surface area (Å²) < 4.78 is 12.9. The fourth-order valence-corrected chi connectivity index (χ4v) is 3.77. The topological polar surface area (TPSA) is 65.7 Å². The van der Waals surface area contributed by atoms with Gasteiger partial charge < -0.3 is 20.4 Å². The first-order valence-electron chi connectivity index (χ1n) is 10.4. The zero-order chi connectivity index (χ0) is 21.3. The summed E-state index contributed by atoms with van der Waals surface area (Å²) in [6, 6.07) is 10.7. The lowest BCUT2D eigenvalue weighted by molar-refractivity contribution is -0.126. The second kappa shape index (κ2) is 10.6. The molecule has 1 amide bonds. The summed E-state index contributed by atoms with van der Waals surface area (Å²) >= 11 is 0. The van der Waals surface area contributed by atoms with Crippen LogP contribution in [-0.4, -0.2) is 55.1 Å². The quantitative estimate of drug-likeness (QED) is 0.780. The molecule has 2 N–H and O–H groups in total. The highest BCUT2D eigenvalue weighted by atomic mass is 19.1. The molecule has 4 rings (SSSR count). The first-order valence-corrected chi connectivity index (χ1v) is 10.4. The van der Waals surface area contributed by atoms with Gasteiger partial charge in [-0.1, -0.05) is 12.6 Å². The summed E-state index contributed by atoms with van der Waals surface area (Å²) in [5.41, 5.74) is 7.73. The number of amides is 1. The van der Waals surface area contributed by atoms with Crippen molar-refractivity contribution in [2.24, 2.45) is 0 Å². The molecule has 0 atom stereocenters. The molecule has 0 spiro atoms. The molecule has 2 fully saturated rings. The number of anilines is 3. The maximum Gasteiger partial charge on any atom is 0.246 e. The normalized spacial score (nSPS) is 16.5. The van der Waals surface area contributed by atoms with Crippen molar-refractivity contribution in [3.63, 3.8) is 0 Å². The average molecular weight is 414 g/mol. The van der Waals surface area contributed by atoms with Crippen LogP contribution in [0.2, 0.25) is 0 Å². The molecule has 0 radical (unpaired) electrons. The predicted molar refractivity (Wildman–Crippen MR) is 122 cm³/mol. The van der Waals surface area contributed by atoms with Crippen molar-refractivity contribution in [3.8, 4) is 0 Å². The fourth-order valence-electron chi connectivity index (χ4n) is 3.77. The lowest BCUT2D eigenvalue weighted by Crippen LogP contribution is -2.48. The molecule has 2 aliphatic heterocycles. The average Bonchev–Trinajstić information content (AvgIpc) is 2.80. The third kappa shape index (κ3) is 5.95. The van der Waals surface area contributed by atoms with Gasteiger partial charge in [0.1, 0.15) is 11.6 Å². The summed E-state index contributed by atoms with van der Waals surface area (Å²) in [4.78, 5) is 21.6. The fraction of sp³-hybridized carbons (Fsp3) is 0.391. The molecule has 6 nitrogen and oxygen atoms in total. The number of hydrogen-bond donors (Lipinski definition) is 1. The second-order valence-corrected chi connectivity index (χ2v) is 7.48. The van der Waals surface area contributed by atoms with Crippen molar-refractivity contribution in [3.05, 3.63) is 61.1 Å². The summed E-state index contributed by atoms with van der Waals surface area (Å²) in [6.45, 7) is 8.69. The Morgan fingerprint density at radius 1 is 1.00 bits per heavy atom. The number of pyridine rings is 1. The van der Waals surface area contributed by atoms with Gasteiger partial charge in [-0.3, -0.25) is 4.79 Å². The van der Waals surface area contributed by atoms with E-state index in [0.29, 0.717) is 18.9 Å². The summed E-state index contributed by atoms with van der Waals surface area (Å²) in [5, 5.41) is 0.